The Hall–Kier alpha value is -2.13. The summed E-state index contributed by atoms with van der Waals surface area (Å²) in [6.45, 7) is 4.82. The minimum Gasteiger partial charge on any atom is -0.469 e. The maximum Gasteiger partial charge on any atom is 0.310 e. The van der Waals surface area contributed by atoms with Crippen LogP contribution in [0.5, 0.6) is 0 Å². The van der Waals surface area contributed by atoms with Gasteiger partial charge >= 0.3 is 5.97 Å². The summed E-state index contributed by atoms with van der Waals surface area (Å²) >= 11 is 0. The minimum atomic E-state index is -0.230. The van der Waals surface area contributed by atoms with Crippen molar-refractivity contribution in [2.45, 2.75) is 26.4 Å². The van der Waals surface area contributed by atoms with Gasteiger partial charge in [-0.1, -0.05) is 74.5 Å². The highest BCUT2D eigenvalue weighted by molar-refractivity contribution is 5.73. The Kier molecular flexibility index (Phi) is 6.36. The van der Waals surface area contributed by atoms with Gasteiger partial charge in [-0.05, 0) is 17.0 Å². The summed E-state index contributed by atoms with van der Waals surface area (Å²) in [5.41, 5.74) is 2.30. The van der Waals surface area contributed by atoms with Gasteiger partial charge in [-0.25, -0.2) is 0 Å². The van der Waals surface area contributed by atoms with E-state index in [1.54, 1.807) is 0 Å². The molecule has 0 heterocycles. The first-order chi connectivity index (χ1) is 11.1. The molecule has 2 atom stereocenters. The lowest BCUT2D eigenvalue weighted by Gasteiger charge is -2.29. The third kappa shape index (κ3) is 4.67. The molecule has 0 saturated heterocycles. The molecule has 2 aromatic rings. The van der Waals surface area contributed by atoms with Crippen molar-refractivity contribution in [2.24, 2.45) is 11.8 Å². The highest BCUT2D eigenvalue weighted by Crippen LogP contribution is 2.29. The zero-order valence-electron chi connectivity index (χ0n) is 14.0. The number of benzene rings is 2. The predicted molar refractivity (Wildman–Crippen MR) is 92.8 cm³/mol. The normalized spacial score (nSPS) is 13.6. The number of carbonyl (C=O) groups excluding carboxylic acids is 1. The molecular formula is C20H25NO2. The van der Waals surface area contributed by atoms with Gasteiger partial charge in [0.25, 0.3) is 0 Å². The van der Waals surface area contributed by atoms with Gasteiger partial charge in [0.1, 0.15) is 0 Å². The van der Waals surface area contributed by atoms with Crippen LogP contribution >= 0.6 is 0 Å². The molecule has 0 unspecified atom stereocenters. The second-order valence-corrected chi connectivity index (χ2v) is 6.05. The van der Waals surface area contributed by atoms with E-state index >= 15 is 0 Å². The number of hydrogen-bond donors (Lipinski definition) is 1. The van der Waals surface area contributed by atoms with E-state index in [1.165, 1.54) is 12.7 Å². The van der Waals surface area contributed by atoms with E-state index < -0.39 is 0 Å². The van der Waals surface area contributed by atoms with Crippen LogP contribution in [0, 0.1) is 11.8 Å². The Morgan fingerprint density at radius 2 is 1.57 bits per heavy atom. The molecule has 0 aliphatic carbocycles. The molecule has 122 valence electrons. The summed E-state index contributed by atoms with van der Waals surface area (Å²) in [6.07, 6.45) is 0. The number of ether oxygens (including phenoxy) is 1. The monoisotopic (exact) mass is 311 g/mol. The molecule has 0 spiro atoms. The highest BCUT2D eigenvalue weighted by atomic mass is 16.5. The Bertz CT molecular complexity index is 596. The largest absolute Gasteiger partial charge is 0.469 e. The van der Waals surface area contributed by atoms with Gasteiger partial charge in [0, 0.05) is 12.6 Å². The smallest absolute Gasteiger partial charge is 0.310 e. The Labute approximate surface area is 138 Å². The van der Waals surface area contributed by atoms with Crippen molar-refractivity contribution in [3.63, 3.8) is 0 Å². The fraction of sp³-hybridized carbons (Fsp3) is 0.350. The van der Waals surface area contributed by atoms with Gasteiger partial charge in [-0.3, -0.25) is 4.79 Å². The van der Waals surface area contributed by atoms with Gasteiger partial charge in [0.15, 0.2) is 0 Å². The Balaban J connectivity index is 2.25. The maximum atomic E-state index is 12.3. The van der Waals surface area contributed by atoms with Crippen molar-refractivity contribution in [3.05, 3.63) is 71.8 Å². The van der Waals surface area contributed by atoms with Gasteiger partial charge in [0.2, 0.25) is 0 Å². The van der Waals surface area contributed by atoms with Crippen LogP contribution in [0.1, 0.15) is 31.0 Å². The molecule has 0 fully saturated rings. The van der Waals surface area contributed by atoms with E-state index in [4.69, 9.17) is 4.74 Å². The van der Waals surface area contributed by atoms with Crippen LogP contribution in [-0.2, 0) is 16.1 Å². The standard InChI is InChI=1S/C20H25NO2/c1-15(2)18(20(22)23-3)19(17-12-8-5-9-13-17)21-14-16-10-6-4-7-11-16/h4-13,15,18-19,21H,14H2,1-3H3/t18-,19+/m1/s1. The van der Waals surface area contributed by atoms with E-state index in [9.17, 15) is 4.79 Å². The van der Waals surface area contributed by atoms with Crippen molar-refractivity contribution in [3.8, 4) is 0 Å². The van der Waals surface area contributed by atoms with Crippen molar-refractivity contribution in [2.75, 3.05) is 7.11 Å². The topological polar surface area (TPSA) is 38.3 Å². The molecule has 23 heavy (non-hydrogen) atoms. The van der Waals surface area contributed by atoms with E-state index in [0.29, 0.717) is 6.54 Å². The zero-order chi connectivity index (χ0) is 16.7. The van der Waals surface area contributed by atoms with Crippen molar-refractivity contribution >= 4 is 5.97 Å². The highest BCUT2D eigenvalue weighted by Gasteiger charge is 2.32. The molecule has 0 bridgehead atoms. The molecule has 3 heteroatoms. The number of esters is 1. The molecule has 0 aliphatic rings. The van der Waals surface area contributed by atoms with Crippen LogP contribution < -0.4 is 5.32 Å². The maximum absolute atomic E-state index is 12.3. The molecule has 0 radical (unpaired) electrons. The number of hydrogen-bond acceptors (Lipinski definition) is 3. The molecule has 0 amide bonds. The van der Waals surface area contributed by atoms with E-state index in [2.05, 4.69) is 43.4 Å². The van der Waals surface area contributed by atoms with Gasteiger partial charge < -0.3 is 10.1 Å². The lowest BCUT2D eigenvalue weighted by Crippen LogP contribution is -2.36. The summed E-state index contributed by atoms with van der Waals surface area (Å²) in [7, 11) is 1.46. The van der Waals surface area contributed by atoms with Crippen LogP contribution in [0.3, 0.4) is 0 Å². The summed E-state index contributed by atoms with van der Waals surface area (Å²) in [5.74, 6) is -0.226. The van der Waals surface area contributed by atoms with Gasteiger partial charge in [-0.2, -0.15) is 0 Å². The lowest BCUT2D eigenvalue weighted by molar-refractivity contribution is -0.148. The fourth-order valence-electron chi connectivity index (χ4n) is 2.87. The number of methoxy groups -OCH3 is 1. The molecule has 2 rings (SSSR count). The molecule has 1 N–H and O–H groups in total. The molecule has 0 aliphatic heterocycles. The summed E-state index contributed by atoms with van der Waals surface area (Å²) in [6, 6.07) is 20.2. The molecule has 2 aromatic carbocycles. The summed E-state index contributed by atoms with van der Waals surface area (Å²) in [5, 5.41) is 3.55. The first kappa shape index (κ1) is 17.2. The second-order valence-electron chi connectivity index (χ2n) is 6.05. The SMILES string of the molecule is COC(=O)[C@H](C(C)C)[C@@H](NCc1ccccc1)c1ccccc1. The van der Waals surface area contributed by atoms with E-state index in [0.717, 1.165) is 5.56 Å². The Morgan fingerprint density at radius 1 is 1.00 bits per heavy atom. The summed E-state index contributed by atoms with van der Waals surface area (Å²) in [4.78, 5) is 12.3. The lowest BCUT2D eigenvalue weighted by atomic mass is 9.84. The summed E-state index contributed by atoms with van der Waals surface area (Å²) < 4.78 is 5.05. The quantitative estimate of drug-likeness (QED) is 0.787. The minimum absolute atomic E-state index is 0.0798. The van der Waals surface area contributed by atoms with Crippen LogP contribution in [0.15, 0.2) is 60.7 Å². The van der Waals surface area contributed by atoms with Crippen LogP contribution in [0.25, 0.3) is 0 Å². The van der Waals surface area contributed by atoms with Crippen LogP contribution in [0.2, 0.25) is 0 Å². The van der Waals surface area contributed by atoms with E-state index in [1.807, 2.05) is 36.4 Å². The molecule has 3 nitrogen and oxygen atoms in total. The Morgan fingerprint density at radius 3 is 2.09 bits per heavy atom. The van der Waals surface area contributed by atoms with Crippen molar-refractivity contribution in [1.29, 1.82) is 0 Å². The number of nitrogens with one attached hydrogen (secondary N) is 1. The zero-order valence-corrected chi connectivity index (χ0v) is 14.0. The number of rotatable bonds is 7. The third-order valence-corrected chi connectivity index (χ3v) is 4.08. The van der Waals surface area contributed by atoms with Crippen molar-refractivity contribution in [1.82, 2.24) is 5.32 Å². The van der Waals surface area contributed by atoms with Crippen LogP contribution in [-0.4, -0.2) is 13.1 Å². The average molecular weight is 311 g/mol. The van der Waals surface area contributed by atoms with Gasteiger partial charge in [-0.15, -0.1) is 0 Å². The third-order valence-electron chi connectivity index (χ3n) is 4.08. The fourth-order valence-corrected chi connectivity index (χ4v) is 2.87. The van der Waals surface area contributed by atoms with Crippen molar-refractivity contribution < 1.29 is 9.53 Å². The molecular weight excluding hydrogens is 286 g/mol. The molecule has 0 saturated carbocycles. The first-order valence-corrected chi connectivity index (χ1v) is 8.03. The van der Waals surface area contributed by atoms with Crippen LogP contribution in [0.4, 0.5) is 0 Å². The average Bonchev–Trinajstić information content (AvgIpc) is 2.59. The first-order valence-electron chi connectivity index (χ1n) is 8.03. The van der Waals surface area contributed by atoms with E-state index in [-0.39, 0.29) is 23.8 Å². The second kappa shape index (κ2) is 8.49. The van der Waals surface area contributed by atoms with Gasteiger partial charge in [0.05, 0.1) is 13.0 Å². The molecule has 0 aromatic heterocycles. The number of carbonyl (C=O) groups is 1. The predicted octanol–water partition coefficient (Wildman–Crippen LogP) is 3.96.